The molecule has 0 aliphatic heterocycles. The molecule has 20 heavy (non-hydrogen) atoms. The van der Waals surface area contributed by atoms with Gasteiger partial charge < -0.3 is 10.5 Å². The van der Waals surface area contributed by atoms with E-state index < -0.39 is 4.92 Å². The summed E-state index contributed by atoms with van der Waals surface area (Å²) in [5, 5.41) is 11.3. The van der Waals surface area contributed by atoms with Crippen LogP contribution in [0.1, 0.15) is 11.1 Å². The summed E-state index contributed by atoms with van der Waals surface area (Å²) in [4.78, 5) is 10.2. The Morgan fingerprint density at radius 2 is 1.95 bits per heavy atom. The number of rotatable bonds is 5. The van der Waals surface area contributed by atoms with Gasteiger partial charge in [0.1, 0.15) is 12.4 Å². The van der Waals surface area contributed by atoms with Crippen molar-refractivity contribution in [1.29, 1.82) is 0 Å². The van der Waals surface area contributed by atoms with Gasteiger partial charge in [0.2, 0.25) is 0 Å². The van der Waals surface area contributed by atoms with Crippen LogP contribution in [0.5, 0.6) is 5.75 Å². The fraction of sp³-hybridized carbons (Fsp3) is 0.143. The van der Waals surface area contributed by atoms with E-state index in [4.69, 9.17) is 22.1 Å². The van der Waals surface area contributed by atoms with Gasteiger partial charge in [-0.05, 0) is 12.1 Å². The SMILES string of the molecule is NCc1cc([N+](=O)[O-])ccc1OCc1ccccc1Cl. The van der Waals surface area contributed by atoms with Gasteiger partial charge in [-0.1, -0.05) is 29.8 Å². The van der Waals surface area contributed by atoms with Crippen molar-refractivity contribution in [3.05, 3.63) is 68.7 Å². The summed E-state index contributed by atoms with van der Waals surface area (Å²) in [6.07, 6.45) is 0. The lowest BCUT2D eigenvalue weighted by molar-refractivity contribution is -0.384. The average molecular weight is 293 g/mol. The summed E-state index contributed by atoms with van der Waals surface area (Å²) in [5.74, 6) is 0.526. The maximum atomic E-state index is 10.7. The predicted octanol–water partition coefficient (Wildman–Crippen LogP) is 3.29. The first kappa shape index (κ1) is 14.3. The molecule has 2 aromatic carbocycles. The third-order valence-corrected chi connectivity index (χ3v) is 3.18. The van der Waals surface area contributed by atoms with Crippen LogP contribution in [-0.4, -0.2) is 4.92 Å². The van der Waals surface area contributed by atoms with E-state index in [1.807, 2.05) is 18.2 Å². The van der Waals surface area contributed by atoms with Gasteiger partial charge in [-0.3, -0.25) is 10.1 Å². The molecule has 0 aromatic heterocycles. The van der Waals surface area contributed by atoms with Gasteiger partial charge in [0, 0.05) is 34.8 Å². The second kappa shape index (κ2) is 6.36. The second-order valence-corrected chi connectivity index (χ2v) is 4.54. The average Bonchev–Trinajstić information content (AvgIpc) is 2.46. The Bertz CT molecular complexity index is 632. The number of benzene rings is 2. The zero-order valence-electron chi connectivity index (χ0n) is 10.6. The quantitative estimate of drug-likeness (QED) is 0.677. The fourth-order valence-corrected chi connectivity index (χ4v) is 1.94. The third-order valence-electron chi connectivity index (χ3n) is 2.82. The third kappa shape index (κ3) is 3.26. The highest BCUT2D eigenvalue weighted by molar-refractivity contribution is 6.31. The lowest BCUT2D eigenvalue weighted by Gasteiger charge is -2.11. The highest BCUT2D eigenvalue weighted by atomic mass is 35.5. The first-order chi connectivity index (χ1) is 9.61. The summed E-state index contributed by atoms with van der Waals surface area (Å²) in [6, 6.07) is 11.7. The molecule has 0 bridgehead atoms. The smallest absolute Gasteiger partial charge is 0.270 e. The highest BCUT2D eigenvalue weighted by Gasteiger charge is 2.11. The van der Waals surface area contributed by atoms with Crippen LogP contribution in [0.4, 0.5) is 5.69 Å². The van der Waals surface area contributed by atoms with Crippen molar-refractivity contribution in [3.63, 3.8) is 0 Å². The molecule has 5 nitrogen and oxygen atoms in total. The number of halogens is 1. The topological polar surface area (TPSA) is 78.4 Å². The normalized spacial score (nSPS) is 10.3. The van der Waals surface area contributed by atoms with Crippen molar-refractivity contribution in [2.24, 2.45) is 5.73 Å². The molecule has 2 N–H and O–H groups in total. The van der Waals surface area contributed by atoms with Gasteiger partial charge in [0.15, 0.2) is 0 Å². The summed E-state index contributed by atoms with van der Waals surface area (Å²) in [5.41, 5.74) is 7.02. The van der Waals surface area contributed by atoms with Crippen LogP contribution in [0.25, 0.3) is 0 Å². The Hall–Kier alpha value is -2.11. The number of hydrogen-bond donors (Lipinski definition) is 1. The Morgan fingerprint density at radius 1 is 1.20 bits per heavy atom. The summed E-state index contributed by atoms with van der Waals surface area (Å²) in [7, 11) is 0. The Balaban J connectivity index is 2.17. The van der Waals surface area contributed by atoms with E-state index in [2.05, 4.69) is 0 Å². The van der Waals surface area contributed by atoms with E-state index in [0.29, 0.717) is 16.3 Å². The van der Waals surface area contributed by atoms with E-state index >= 15 is 0 Å². The molecule has 0 heterocycles. The monoisotopic (exact) mass is 292 g/mol. The van der Waals surface area contributed by atoms with E-state index in [-0.39, 0.29) is 18.8 Å². The fourth-order valence-electron chi connectivity index (χ4n) is 1.75. The number of nitro benzene ring substituents is 1. The number of nitrogens with two attached hydrogens (primary N) is 1. The number of ether oxygens (including phenoxy) is 1. The molecular weight excluding hydrogens is 280 g/mol. The second-order valence-electron chi connectivity index (χ2n) is 4.13. The lowest BCUT2D eigenvalue weighted by atomic mass is 10.1. The maximum Gasteiger partial charge on any atom is 0.270 e. The van der Waals surface area contributed by atoms with E-state index in [1.54, 1.807) is 12.1 Å². The minimum atomic E-state index is -0.461. The molecule has 0 amide bonds. The minimum Gasteiger partial charge on any atom is -0.489 e. The van der Waals surface area contributed by atoms with Crippen LogP contribution in [-0.2, 0) is 13.2 Å². The van der Waals surface area contributed by atoms with Crippen LogP contribution in [0.3, 0.4) is 0 Å². The largest absolute Gasteiger partial charge is 0.489 e. The molecule has 0 aliphatic rings. The molecule has 2 aromatic rings. The molecule has 0 atom stereocenters. The van der Waals surface area contributed by atoms with Gasteiger partial charge in [0.05, 0.1) is 4.92 Å². The molecule has 0 unspecified atom stereocenters. The first-order valence-electron chi connectivity index (χ1n) is 5.95. The van der Waals surface area contributed by atoms with Crippen molar-refractivity contribution in [2.45, 2.75) is 13.2 Å². The molecular formula is C14H13ClN2O3. The van der Waals surface area contributed by atoms with Crippen LogP contribution >= 0.6 is 11.6 Å². The van der Waals surface area contributed by atoms with Crippen molar-refractivity contribution in [1.82, 2.24) is 0 Å². The number of hydrogen-bond acceptors (Lipinski definition) is 4. The van der Waals surface area contributed by atoms with Crippen molar-refractivity contribution in [2.75, 3.05) is 0 Å². The maximum absolute atomic E-state index is 10.7. The Labute approximate surface area is 121 Å². The molecule has 0 fully saturated rings. The van der Waals surface area contributed by atoms with Crippen molar-refractivity contribution in [3.8, 4) is 5.75 Å². The highest BCUT2D eigenvalue weighted by Crippen LogP contribution is 2.25. The van der Waals surface area contributed by atoms with E-state index in [9.17, 15) is 10.1 Å². The number of nitro groups is 1. The molecule has 0 aliphatic carbocycles. The summed E-state index contributed by atoms with van der Waals surface area (Å²) < 4.78 is 5.64. The standard InChI is InChI=1S/C14H13ClN2O3/c15-13-4-2-1-3-10(13)9-20-14-6-5-12(17(18)19)7-11(14)8-16/h1-7H,8-9,16H2. The molecule has 104 valence electrons. The van der Waals surface area contributed by atoms with Gasteiger partial charge in [-0.15, -0.1) is 0 Å². The molecule has 0 spiro atoms. The molecule has 0 saturated carbocycles. The van der Waals surface area contributed by atoms with Gasteiger partial charge in [0.25, 0.3) is 5.69 Å². The zero-order valence-corrected chi connectivity index (χ0v) is 11.3. The molecule has 0 saturated heterocycles. The molecule has 0 radical (unpaired) electrons. The lowest BCUT2D eigenvalue weighted by Crippen LogP contribution is -2.04. The van der Waals surface area contributed by atoms with Crippen molar-refractivity contribution >= 4 is 17.3 Å². The van der Waals surface area contributed by atoms with Crippen LogP contribution in [0.2, 0.25) is 5.02 Å². The first-order valence-corrected chi connectivity index (χ1v) is 6.33. The summed E-state index contributed by atoms with van der Waals surface area (Å²) in [6.45, 7) is 0.448. The van der Waals surface area contributed by atoms with Crippen LogP contribution in [0.15, 0.2) is 42.5 Å². The summed E-state index contributed by atoms with van der Waals surface area (Å²) >= 11 is 6.04. The van der Waals surface area contributed by atoms with Gasteiger partial charge in [-0.2, -0.15) is 0 Å². The molecule has 6 heteroatoms. The van der Waals surface area contributed by atoms with E-state index in [1.165, 1.54) is 12.1 Å². The van der Waals surface area contributed by atoms with Crippen LogP contribution < -0.4 is 10.5 Å². The minimum absolute atomic E-state index is 0.00413. The number of nitrogens with zero attached hydrogens (tertiary/aromatic N) is 1. The van der Waals surface area contributed by atoms with E-state index in [0.717, 1.165) is 5.56 Å². The van der Waals surface area contributed by atoms with Gasteiger partial charge in [-0.25, -0.2) is 0 Å². The van der Waals surface area contributed by atoms with Crippen molar-refractivity contribution < 1.29 is 9.66 Å². The van der Waals surface area contributed by atoms with Crippen LogP contribution in [0, 0.1) is 10.1 Å². The van der Waals surface area contributed by atoms with Gasteiger partial charge >= 0.3 is 0 Å². The Morgan fingerprint density at radius 3 is 2.60 bits per heavy atom. The Kier molecular flexibility index (Phi) is 4.55. The number of non-ortho nitro benzene ring substituents is 1. The zero-order chi connectivity index (χ0) is 14.5. The molecule has 2 rings (SSSR count). The predicted molar refractivity (Wildman–Crippen MR) is 76.8 cm³/mol.